The molecule has 0 atom stereocenters. The SMILES string of the molecule is CCCNC1CC(c2cc(Br)ccc2F)C1. The summed E-state index contributed by atoms with van der Waals surface area (Å²) in [6, 6.07) is 5.80. The van der Waals surface area contributed by atoms with E-state index < -0.39 is 0 Å². The van der Waals surface area contributed by atoms with Crippen LogP contribution in [0.4, 0.5) is 4.39 Å². The minimum Gasteiger partial charge on any atom is -0.314 e. The lowest BCUT2D eigenvalue weighted by molar-refractivity contribution is 0.286. The minimum atomic E-state index is -0.0675. The smallest absolute Gasteiger partial charge is 0.126 e. The fraction of sp³-hybridized carbons (Fsp3) is 0.538. The van der Waals surface area contributed by atoms with E-state index in [0.29, 0.717) is 12.0 Å². The number of benzene rings is 1. The summed E-state index contributed by atoms with van der Waals surface area (Å²) in [5.74, 6) is 0.328. The monoisotopic (exact) mass is 285 g/mol. The highest BCUT2D eigenvalue weighted by atomic mass is 79.9. The van der Waals surface area contributed by atoms with Gasteiger partial charge < -0.3 is 5.32 Å². The molecule has 0 amide bonds. The van der Waals surface area contributed by atoms with Crippen LogP contribution in [0.2, 0.25) is 0 Å². The second kappa shape index (κ2) is 5.28. The van der Waals surface area contributed by atoms with Crippen LogP contribution in [0.5, 0.6) is 0 Å². The molecule has 0 heterocycles. The van der Waals surface area contributed by atoms with Crippen molar-refractivity contribution >= 4 is 15.9 Å². The van der Waals surface area contributed by atoms with Crippen LogP contribution in [-0.2, 0) is 0 Å². The zero-order chi connectivity index (χ0) is 11.5. The van der Waals surface area contributed by atoms with Gasteiger partial charge in [-0.05, 0) is 55.5 Å². The molecule has 1 saturated carbocycles. The largest absolute Gasteiger partial charge is 0.314 e. The summed E-state index contributed by atoms with van der Waals surface area (Å²) in [6.07, 6.45) is 3.28. The molecule has 1 aromatic rings. The van der Waals surface area contributed by atoms with Gasteiger partial charge in [-0.25, -0.2) is 4.39 Å². The first-order chi connectivity index (χ1) is 7.70. The molecule has 1 aliphatic rings. The Morgan fingerprint density at radius 1 is 1.44 bits per heavy atom. The zero-order valence-electron chi connectivity index (χ0n) is 9.47. The van der Waals surface area contributed by atoms with Gasteiger partial charge in [0.2, 0.25) is 0 Å². The van der Waals surface area contributed by atoms with Gasteiger partial charge >= 0.3 is 0 Å². The highest BCUT2D eigenvalue weighted by molar-refractivity contribution is 9.10. The topological polar surface area (TPSA) is 12.0 Å². The minimum absolute atomic E-state index is 0.0675. The summed E-state index contributed by atoms with van der Waals surface area (Å²) >= 11 is 3.39. The molecule has 1 fully saturated rings. The molecular formula is C13H17BrFN. The molecule has 0 spiro atoms. The number of hydrogen-bond donors (Lipinski definition) is 1. The van der Waals surface area contributed by atoms with E-state index in [9.17, 15) is 4.39 Å². The normalized spacial score (nSPS) is 24.2. The Hall–Kier alpha value is -0.410. The molecule has 0 radical (unpaired) electrons. The quantitative estimate of drug-likeness (QED) is 0.887. The Balaban J connectivity index is 1.93. The summed E-state index contributed by atoms with van der Waals surface area (Å²) in [4.78, 5) is 0. The van der Waals surface area contributed by atoms with E-state index in [2.05, 4.69) is 28.2 Å². The number of halogens is 2. The molecule has 1 aromatic carbocycles. The van der Waals surface area contributed by atoms with Crippen LogP contribution in [0.3, 0.4) is 0 Å². The predicted octanol–water partition coefficient (Wildman–Crippen LogP) is 3.83. The van der Waals surface area contributed by atoms with Gasteiger partial charge in [0.25, 0.3) is 0 Å². The van der Waals surface area contributed by atoms with Gasteiger partial charge in [0, 0.05) is 10.5 Å². The maximum Gasteiger partial charge on any atom is 0.126 e. The van der Waals surface area contributed by atoms with Crippen LogP contribution in [0, 0.1) is 5.82 Å². The molecule has 0 aromatic heterocycles. The molecule has 3 heteroatoms. The van der Waals surface area contributed by atoms with Crippen LogP contribution in [-0.4, -0.2) is 12.6 Å². The summed E-state index contributed by atoms with van der Waals surface area (Å²) in [6.45, 7) is 3.23. The summed E-state index contributed by atoms with van der Waals surface area (Å²) in [5, 5.41) is 3.47. The first-order valence-corrected chi connectivity index (χ1v) is 6.68. The van der Waals surface area contributed by atoms with Crippen molar-refractivity contribution in [1.29, 1.82) is 0 Å². The van der Waals surface area contributed by atoms with Crippen LogP contribution < -0.4 is 5.32 Å². The lowest BCUT2D eigenvalue weighted by Crippen LogP contribution is -2.40. The van der Waals surface area contributed by atoms with Gasteiger partial charge in [-0.1, -0.05) is 22.9 Å². The molecule has 0 aliphatic heterocycles. The van der Waals surface area contributed by atoms with Crippen LogP contribution in [0.1, 0.15) is 37.7 Å². The van der Waals surface area contributed by atoms with Crippen molar-refractivity contribution in [3.8, 4) is 0 Å². The van der Waals surface area contributed by atoms with E-state index in [1.165, 1.54) is 0 Å². The predicted molar refractivity (Wildman–Crippen MR) is 68.2 cm³/mol. The van der Waals surface area contributed by atoms with E-state index >= 15 is 0 Å². The summed E-state index contributed by atoms with van der Waals surface area (Å²) < 4.78 is 14.5. The van der Waals surface area contributed by atoms with Gasteiger partial charge in [-0.2, -0.15) is 0 Å². The Morgan fingerprint density at radius 2 is 2.19 bits per heavy atom. The molecular weight excluding hydrogens is 269 g/mol. The molecule has 1 nitrogen and oxygen atoms in total. The van der Waals surface area contributed by atoms with Crippen LogP contribution in [0.25, 0.3) is 0 Å². The Kier molecular flexibility index (Phi) is 3.98. The lowest BCUT2D eigenvalue weighted by Gasteiger charge is -2.36. The molecule has 2 rings (SSSR count). The Labute approximate surface area is 105 Å². The maximum atomic E-state index is 13.6. The van der Waals surface area contributed by atoms with Gasteiger partial charge in [-0.3, -0.25) is 0 Å². The zero-order valence-corrected chi connectivity index (χ0v) is 11.1. The Morgan fingerprint density at radius 3 is 2.88 bits per heavy atom. The maximum absolute atomic E-state index is 13.6. The molecule has 1 N–H and O–H groups in total. The summed E-state index contributed by atoms with van der Waals surface area (Å²) in [7, 11) is 0. The highest BCUT2D eigenvalue weighted by Gasteiger charge is 2.31. The second-order valence-corrected chi connectivity index (χ2v) is 5.40. The molecule has 16 heavy (non-hydrogen) atoms. The first kappa shape index (κ1) is 12.1. The second-order valence-electron chi connectivity index (χ2n) is 4.49. The Bertz CT molecular complexity index is 361. The van der Waals surface area contributed by atoms with Gasteiger partial charge in [-0.15, -0.1) is 0 Å². The van der Waals surface area contributed by atoms with Crippen molar-refractivity contribution in [2.24, 2.45) is 0 Å². The fourth-order valence-electron chi connectivity index (χ4n) is 2.21. The van der Waals surface area contributed by atoms with Crippen molar-refractivity contribution in [3.63, 3.8) is 0 Å². The standard InChI is InChI=1S/C13H17BrFN/c1-2-5-16-11-6-9(7-11)12-8-10(14)3-4-13(12)15/h3-4,8-9,11,16H,2,5-7H2,1H3. The average molecular weight is 286 g/mol. The van der Waals surface area contributed by atoms with Crippen molar-refractivity contribution in [2.75, 3.05) is 6.54 Å². The van der Waals surface area contributed by atoms with E-state index in [-0.39, 0.29) is 5.82 Å². The van der Waals surface area contributed by atoms with E-state index in [4.69, 9.17) is 0 Å². The molecule has 0 saturated heterocycles. The van der Waals surface area contributed by atoms with Crippen molar-refractivity contribution in [2.45, 2.75) is 38.1 Å². The molecule has 0 unspecified atom stereocenters. The molecule has 1 aliphatic carbocycles. The number of rotatable bonds is 4. The van der Waals surface area contributed by atoms with Gasteiger partial charge in [0.15, 0.2) is 0 Å². The van der Waals surface area contributed by atoms with Crippen molar-refractivity contribution in [3.05, 3.63) is 34.1 Å². The van der Waals surface area contributed by atoms with E-state index in [0.717, 1.165) is 35.8 Å². The fourth-order valence-corrected chi connectivity index (χ4v) is 2.59. The van der Waals surface area contributed by atoms with Crippen LogP contribution >= 0.6 is 15.9 Å². The highest BCUT2D eigenvalue weighted by Crippen LogP contribution is 2.38. The van der Waals surface area contributed by atoms with Gasteiger partial charge in [0.1, 0.15) is 5.82 Å². The average Bonchev–Trinajstić information content (AvgIpc) is 2.21. The molecule has 0 bridgehead atoms. The molecule has 88 valence electrons. The third-order valence-electron chi connectivity index (χ3n) is 3.22. The number of hydrogen-bond acceptors (Lipinski definition) is 1. The van der Waals surface area contributed by atoms with E-state index in [1.54, 1.807) is 12.1 Å². The van der Waals surface area contributed by atoms with Crippen molar-refractivity contribution < 1.29 is 4.39 Å². The summed E-state index contributed by atoms with van der Waals surface area (Å²) in [5.41, 5.74) is 0.865. The third-order valence-corrected chi connectivity index (χ3v) is 3.71. The number of nitrogens with one attached hydrogen (secondary N) is 1. The lowest BCUT2D eigenvalue weighted by atomic mass is 9.75. The van der Waals surface area contributed by atoms with Crippen molar-refractivity contribution in [1.82, 2.24) is 5.32 Å². The first-order valence-electron chi connectivity index (χ1n) is 5.89. The van der Waals surface area contributed by atoms with Crippen LogP contribution in [0.15, 0.2) is 22.7 Å². The third kappa shape index (κ3) is 2.64. The van der Waals surface area contributed by atoms with Gasteiger partial charge in [0.05, 0.1) is 0 Å². The van der Waals surface area contributed by atoms with E-state index in [1.807, 2.05) is 6.07 Å².